The van der Waals surface area contributed by atoms with Crippen molar-refractivity contribution >= 4 is 0 Å². The highest BCUT2D eigenvalue weighted by atomic mass is 19.2. The van der Waals surface area contributed by atoms with Gasteiger partial charge < -0.3 is 14.6 Å². The van der Waals surface area contributed by atoms with Crippen LogP contribution in [0.25, 0.3) is 11.1 Å². The fourth-order valence-electron chi connectivity index (χ4n) is 3.53. The minimum Gasteiger partial charge on any atom is -0.490 e. The lowest BCUT2D eigenvalue weighted by Gasteiger charge is -2.13. The minimum absolute atomic E-state index is 0.116. The molecule has 3 aromatic carbocycles. The maximum atomic E-state index is 14.6. The Morgan fingerprint density at radius 2 is 1.74 bits per heavy atom. The number of ether oxygens (including phenoxy) is 2. The van der Waals surface area contributed by atoms with Crippen molar-refractivity contribution in [3.8, 4) is 22.6 Å². The summed E-state index contributed by atoms with van der Waals surface area (Å²) in [6, 6.07) is 14.1. The topological polar surface area (TPSA) is 38.7 Å². The van der Waals surface area contributed by atoms with Crippen LogP contribution < -0.4 is 9.47 Å². The standard InChI is InChI=1S/C28H29F3O3/c1-3-5-6-16-33-26-15-14-22(27(30)28(26)31)20-9-11-21(12-10-20)34-18-19-8-13-23(24(29)17-19)25(32)7-4-2/h3,8-15,17,25,32H,1,4-7,16,18H2,2H3. The zero-order chi connectivity index (χ0) is 24.5. The first kappa shape index (κ1) is 25.4. The van der Waals surface area contributed by atoms with Gasteiger partial charge in [-0.15, -0.1) is 6.58 Å². The van der Waals surface area contributed by atoms with Crippen LogP contribution in [0.4, 0.5) is 13.2 Å². The molecule has 6 heteroatoms. The maximum Gasteiger partial charge on any atom is 0.201 e. The zero-order valence-corrected chi connectivity index (χ0v) is 19.2. The van der Waals surface area contributed by atoms with Crippen LogP contribution in [0, 0.1) is 17.5 Å². The van der Waals surface area contributed by atoms with Gasteiger partial charge in [0.2, 0.25) is 5.82 Å². The smallest absolute Gasteiger partial charge is 0.201 e. The van der Waals surface area contributed by atoms with Crippen molar-refractivity contribution in [2.24, 2.45) is 0 Å². The summed E-state index contributed by atoms with van der Waals surface area (Å²) >= 11 is 0. The van der Waals surface area contributed by atoms with Crippen molar-refractivity contribution in [2.75, 3.05) is 6.61 Å². The highest BCUT2D eigenvalue weighted by molar-refractivity contribution is 5.66. The zero-order valence-electron chi connectivity index (χ0n) is 19.2. The highest BCUT2D eigenvalue weighted by Crippen LogP contribution is 2.31. The van der Waals surface area contributed by atoms with Crippen LogP contribution in [-0.4, -0.2) is 11.7 Å². The molecule has 0 saturated heterocycles. The van der Waals surface area contributed by atoms with Crippen LogP contribution in [0.3, 0.4) is 0 Å². The Balaban J connectivity index is 1.63. The first-order valence-corrected chi connectivity index (χ1v) is 11.4. The number of allylic oxidation sites excluding steroid dienone is 1. The van der Waals surface area contributed by atoms with Gasteiger partial charge in [-0.3, -0.25) is 0 Å². The Bertz CT molecular complexity index is 1100. The van der Waals surface area contributed by atoms with E-state index in [2.05, 4.69) is 6.58 Å². The Morgan fingerprint density at radius 3 is 2.41 bits per heavy atom. The van der Waals surface area contributed by atoms with E-state index >= 15 is 0 Å². The van der Waals surface area contributed by atoms with Gasteiger partial charge in [-0.05, 0) is 60.7 Å². The number of benzene rings is 3. The summed E-state index contributed by atoms with van der Waals surface area (Å²) in [6.45, 7) is 5.94. The molecule has 0 fully saturated rings. The lowest BCUT2D eigenvalue weighted by Crippen LogP contribution is -2.03. The second kappa shape index (κ2) is 12.3. The molecular formula is C28H29F3O3. The van der Waals surface area contributed by atoms with Crippen LogP contribution in [0.5, 0.6) is 11.5 Å². The molecule has 3 nitrogen and oxygen atoms in total. The molecule has 0 radical (unpaired) electrons. The van der Waals surface area contributed by atoms with Crippen molar-refractivity contribution in [2.45, 2.75) is 45.3 Å². The summed E-state index contributed by atoms with van der Waals surface area (Å²) in [5.41, 5.74) is 1.50. The fraction of sp³-hybridized carbons (Fsp3) is 0.286. The van der Waals surface area contributed by atoms with Gasteiger partial charge in [0.1, 0.15) is 18.2 Å². The summed E-state index contributed by atoms with van der Waals surface area (Å²) in [7, 11) is 0. The second-order valence-electron chi connectivity index (χ2n) is 7.99. The van der Waals surface area contributed by atoms with Crippen molar-refractivity contribution in [3.05, 3.63) is 95.8 Å². The van der Waals surface area contributed by atoms with E-state index in [1.54, 1.807) is 42.5 Å². The Labute approximate surface area is 198 Å². The molecule has 0 amide bonds. The van der Waals surface area contributed by atoms with Crippen LogP contribution >= 0.6 is 0 Å². The van der Waals surface area contributed by atoms with Crippen LogP contribution in [0.1, 0.15) is 49.8 Å². The molecule has 1 atom stereocenters. The van der Waals surface area contributed by atoms with Gasteiger partial charge in [-0.25, -0.2) is 8.78 Å². The average molecular weight is 471 g/mol. The largest absolute Gasteiger partial charge is 0.490 e. The number of aliphatic hydroxyl groups excluding tert-OH is 1. The van der Waals surface area contributed by atoms with E-state index in [0.29, 0.717) is 29.7 Å². The number of halogens is 3. The molecule has 34 heavy (non-hydrogen) atoms. The third-order valence-corrected chi connectivity index (χ3v) is 5.41. The van der Waals surface area contributed by atoms with Gasteiger partial charge in [0, 0.05) is 11.1 Å². The molecule has 0 bridgehead atoms. The van der Waals surface area contributed by atoms with Crippen LogP contribution in [0.15, 0.2) is 67.3 Å². The highest BCUT2D eigenvalue weighted by Gasteiger charge is 2.16. The number of hydrogen-bond acceptors (Lipinski definition) is 3. The molecule has 180 valence electrons. The maximum absolute atomic E-state index is 14.6. The summed E-state index contributed by atoms with van der Waals surface area (Å²) in [6.07, 6.45) is 3.58. The molecular weight excluding hydrogens is 441 g/mol. The van der Waals surface area contributed by atoms with E-state index in [0.717, 1.165) is 12.8 Å². The predicted octanol–water partition coefficient (Wildman–Crippen LogP) is 7.53. The molecule has 1 N–H and O–H groups in total. The molecule has 0 heterocycles. The van der Waals surface area contributed by atoms with Gasteiger partial charge in [-0.2, -0.15) is 4.39 Å². The average Bonchev–Trinajstić information content (AvgIpc) is 2.83. The van der Waals surface area contributed by atoms with Crippen molar-refractivity contribution < 1.29 is 27.8 Å². The lowest BCUT2D eigenvalue weighted by molar-refractivity contribution is 0.161. The monoisotopic (exact) mass is 470 g/mol. The van der Waals surface area contributed by atoms with E-state index in [-0.39, 0.29) is 30.1 Å². The SMILES string of the molecule is C=CCCCOc1ccc(-c2ccc(OCc3ccc(C(O)CCC)c(F)c3)cc2)c(F)c1F. The third kappa shape index (κ3) is 6.41. The van der Waals surface area contributed by atoms with E-state index in [4.69, 9.17) is 9.47 Å². The van der Waals surface area contributed by atoms with E-state index in [1.807, 2.05) is 6.92 Å². The normalized spacial score (nSPS) is 11.8. The summed E-state index contributed by atoms with van der Waals surface area (Å²) in [5.74, 6) is -2.09. The predicted molar refractivity (Wildman–Crippen MR) is 127 cm³/mol. The fourth-order valence-corrected chi connectivity index (χ4v) is 3.53. The van der Waals surface area contributed by atoms with Crippen molar-refractivity contribution in [1.29, 1.82) is 0 Å². The molecule has 0 aliphatic rings. The van der Waals surface area contributed by atoms with Crippen LogP contribution in [-0.2, 0) is 6.61 Å². The molecule has 0 aromatic heterocycles. The molecule has 0 aliphatic heterocycles. The number of unbranched alkanes of at least 4 members (excludes halogenated alkanes) is 1. The van der Waals surface area contributed by atoms with Gasteiger partial charge in [0.15, 0.2) is 11.6 Å². The van der Waals surface area contributed by atoms with Gasteiger partial charge in [0.05, 0.1) is 12.7 Å². The molecule has 3 rings (SSSR count). The van der Waals surface area contributed by atoms with Crippen molar-refractivity contribution in [1.82, 2.24) is 0 Å². The summed E-state index contributed by atoms with van der Waals surface area (Å²) in [4.78, 5) is 0. The number of rotatable bonds is 12. The van der Waals surface area contributed by atoms with E-state index in [1.165, 1.54) is 18.2 Å². The van der Waals surface area contributed by atoms with Crippen LogP contribution in [0.2, 0.25) is 0 Å². The number of aliphatic hydroxyl groups is 1. The Kier molecular flexibility index (Phi) is 9.16. The third-order valence-electron chi connectivity index (χ3n) is 5.41. The van der Waals surface area contributed by atoms with E-state index in [9.17, 15) is 18.3 Å². The van der Waals surface area contributed by atoms with Crippen molar-refractivity contribution in [3.63, 3.8) is 0 Å². The van der Waals surface area contributed by atoms with E-state index < -0.39 is 23.6 Å². The van der Waals surface area contributed by atoms with Gasteiger partial charge in [-0.1, -0.05) is 43.7 Å². The lowest BCUT2D eigenvalue weighted by atomic mass is 10.0. The summed E-state index contributed by atoms with van der Waals surface area (Å²) < 4.78 is 54.3. The Morgan fingerprint density at radius 1 is 0.971 bits per heavy atom. The van der Waals surface area contributed by atoms with Gasteiger partial charge >= 0.3 is 0 Å². The summed E-state index contributed by atoms with van der Waals surface area (Å²) in [5, 5.41) is 10.00. The number of hydrogen-bond donors (Lipinski definition) is 1. The van der Waals surface area contributed by atoms with Gasteiger partial charge in [0.25, 0.3) is 0 Å². The minimum atomic E-state index is -1.02. The molecule has 3 aromatic rings. The molecule has 0 spiro atoms. The molecule has 1 unspecified atom stereocenters. The Hall–Kier alpha value is -3.25. The first-order chi connectivity index (χ1) is 16.4. The molecule has 0 saturated carbocycles. The molecule has 0 aliphatic carbocycles. The quantitative estimate of drug-likeness (QED) is 0.220. The second-order valence-corrected chi connectivity index (χ2v) is 7.99. The first-order valence-electron chi connectivity index (χ1n) is 11.4.